The van der Waals surface area contributed by atoms with Crippen molar-refractivity contribution in [2.24, 2.45) is 23.2 Å². The fourth-order valence-electron chi connectivity index (χ4n) is 8.65. The lowest BCUT2D eigenvalue weighted by Crippen LogP contribution is -2.37. The Morgan fingerprint density at radius 2 is 0.885 bits per heavy atom. The van der Waals surface area contributed by atoms with Gasteiger partial charge in [0, 0.05) is 95.4 Å². The number of hydrogen-bond acceptors (Lipinski definition) is 21. The molecule has 0 aromatic carbocycles. The number of nitrogens with zero attached hydrogens (tertiary/aromatic N) is 2. The van der Waals surface area contributed by atoms with Crippen LogP contribution in [0.15, 0.2) is 0 Å². The number of esters is 2. The molecule has 0 aromatic rings. The Hall–Kier alpha value is -6.43. The van der Waals surface area contributed by atoms with Crippen molar-refractivity contribution in [2.45, 2.75) is 154 Å². The van der Waals surface area contributed by atoms with E-state index in [-0.39, 0.29) is 218 Å². The molecule has 0 bridgehead atoms. The largest absolute Gasteiger partial charge is 0.481 e. The van der Waals surface area contributed by atoms with E-state index < -0.39 is 41.0 Å². The molecule has 0 aromatic heterocycles. The van der Waals surface area contributed by atoms with Gasteiger partial charge in [0.15, 0.2) is 11.6 Å². The molecule has 2 saturated heterocycles. The summed E-state index contributed by atoms with van der Waals surface area (Å²) in [6.07, 6.45) is 2.59. The number of aliphatic carboxylic acids is 2. The highest BCUT2D eigenvalue weighted by Gasteiger charge is 2.44. The minimum Gasteiger partial charge on any atom is -0.481 e. The van der Waals surface area contributed by atoms with Gasteiger partial charge in [-0.2, -0.15) is 0 Å². The third-order valence-corrected chi connectivity index (χ3v) is 14.6. The number of imide groups is 2. The third kappa shape index (κ3) is 36.5. The number of carboxylic acid groups (broad SMARTS) is 2. The second kappa shape index (κ2) is 43.3. The molecule has 494 valence electrons. The fraction of sp³-hybridized carbons (Fsp3) is 0.759. The lowest BCUT2D eigenvalue weighted by Gasteiger charge is -2.24. The summed E-state index contributed by atoms with van der Waals surface area (Å²) in [5.41, 5.74) is -0.319. The van der Waals surface area contributed by atoms with E-state index in [0.717, 1.165) is 9.80 Å². The van der Waals surface area contributed by atoms with Crippen LogP contribution >= 0.6 is 11.8 Å². The average molecular weight is 1260 g/mol. The van der Waals surface area contributed by atoms with Crippen LogP contribution in [0.25, 0.3) is 0 Å². The standard InChI is InChI=1S/C29H47N3O11S.C29H47N3O11/c1-29(2,3)44-22-18-25(36)32(27(22)39)13-10-24(35)31-12-14-42-15-16-43-19-21(33)17-20(28(40)41-4)7-5-6-11-30-23(34)8-9-26(37)38;1-29(2,3)22-18-25(36)32(27(22)39)13-10-24(35)31-12-14-42-15-16-43-19-21(33)17-20(28(40)41-4)7-5-6-11-30-23(34)8-9-26(37)38/h20,22H,5-19H2,1-4H3,(H,30,34)(H,31,35)(H,37,38);20,22H,5-19H2,1-4H3,(H,30,34)(H,31,35)(H,37,38). The molecular formula is C58H94N6O22S. The number of carbonyl (C=O) groups is 14. The summed E-state index contributed by atoms with van der Waals surface area (Å²) in [5, 5.41) is 27.3. The fourth-order valence-corrected chi connectivity index (χ4v) is 9.96. The Labute approximate surface area is 513 Å². The topological polar surface area (TPSA) is 389 Å². The van der Waals surface area contributed by atoms with Gasteiger partial charge in [-0.15, -0.1) is 11.8 Å². The summed E-state index contributed by atoms with van der Waals surface area (Å²) in [7, 11) is 2.49. The van der Waals surface area contributed by atoms with Crippen molar-refractivity contribution in [3.8, 4) is 0 Å². The van der Waals surface area contributed by atoms with E-state index in [1.54, 1.807) is 0 Å². The number of hydrogen-bond donors (Lipinski definition) is 6. The Kier molecular flexibility index (Phi) is 39.1. The van der Waals surface area contributed by atoms with Crippen LogP contribution in [0.1, 0.15) is 144 Å². The highest BCUT2D eigenvalue weighted by Crippen LogP contribution is 2.36. The maximum absolute atomic E-state index is 12.5. The molecule has 2 fully saturated rings. The summed E-state index contributed by atoms with van der Waals surface area (Å²) in [6.45, 7) is 13.6. The lowest BCUT2D eigenvalue weighted by atomic mass is 9.80. The average Bonchev–Trinajstić information content (AvgIpc) is 1.95. The van der Waals surface area contributed by atoms with Crippen LogP contribution in [0, 0.1) is 23.2 Å². The van der Waals surface area contributed by atoms with E-state index in [0.29, 0.717) is 51.6 Å². The molecule has 6 N–H and O–H groups in total. The third-order valence-electron chi connectivity index (χ3n) is 13.3. The Morgan fingerprint density at radius 3 is 1.26 bits per heavy atom. The van der Waals surface area contributed by atoms with Gasteiger partial charge in [0.2, 0.25) is 47.3 Å². The number of amides is 8. The van der Waals surface area contributed by atoms with Crippen molar-refractivity contribution >= 4 is 94.5 Å². The van der Waals surface area contributed by atoms with Crippen molar-refractivity contribution in [1.82, 2.24) is 31.1 Å². The number of Topliss-reactive ketones (excluding diaryl/α,β-unsaturated/α-hetero) is 2. The van der Waals surface area contributed by atoms with Gasteiger partial charge in [-0.05, 0) is 31.1 Å². The number of rotatable bonds is 45. The summed E-state index contributed by atoms with van der Waals surface area (Å²) >= 11 is 1.45. The predicted octanol–water partition coefficient (Wildman–Crippen LogP) is 1.93. The number of carbonyl (C=O) groups excluding carboxylic acids is 12. The molecule has 2 aliphatic heterocycles. The molecule has 8 amide bonds. The summed E-state index contributed by atoms with van der Waals surface area (Å²) in [4.78, 5) is 169. The van der Waals surface area contributed by atoms with E-state index in [1.807, 2.05) is 41.5 Å². The van der Waals surface area contributed by atoms with Crippen LogP contribution in [0.3, 0.4) is 0 Å². The first kappa shape index (κ1) is 78.6. The number of unbranched alkanes of at least 4 members (excludes halogenated alkanes) is 2. The molecule has 2 aliphatic rings. The lowest BCUT2D eigenvalue weighted by molar-refractivity contribution is -0.148. The van der Waals surface area contributed by atoms with E-state index in [9.17, 15) is 67.1 Å². The van der Waals surface area contributed by atoms with Crippen LogP contribution in [0.4, 0.5) is 0 Å². The molecule has 0 aliphatic carbocycles. The first-order chi connectivity index (χ1) is 41.0. The molecule has 0 radical (unpaired) electrons. The van der Waals surface area contributed by atoms with E-state index >= 15 is 0 Å². The predicted molar refractivity (Wildman–Crippen MR) is 313 cm³/mol. The van der Waals surface area contributed by atoms with Gasteiger partial charge in [0.05, 0.1) is 89.7 Å². The number of carboxylic acids is 2. The highest BCUT2D eigenvalue weighted by molar-refractivity contribution is 8.01. The molecule has 87 heavy (non-hydrogen) atoms. The first-order valence-corrected chi connectivity index (χ1v) is 30.2. The Balaban J connectivity index is 0.000000870. The molecule has 4 atom stereocenters. The van der Waals surface area contributed by atoms with Crippen molar-refractivity contribution in [3.63, 3.8) is 0 Å². The number of methoxy groups -OCH3 is 2. The molecule has 0 spiro atoms. The quantitative estimate of drug-likeness (QED) is 0.0288. The van der Waals surface area contributed by atoms with Gasteiger partial charge < -0.3 is 59.9 Å². The van der Waals surface area contributed by atoms with Gasteiger partial charge in [-0.1, -0.05) is 54.4 Å². The van der Waals surface area contributed by atoms with Crippen molar-refractivity contribution in [2.75, 3.05) is 106 Å². The zero-order valence-electron chi connectivity index (χ0n) is 51.9. The van der Waals surface area contributed by atoms with Crippen LogP contribution in [0.2, 0.25) is 0 Å². The minimum absolute atomic E-state index is 0.00728. The van der Waals surface area contributed by atoms with Crippen LogP contribution < -0.4 is 21.3 Å². The molecule has 2 rings (SSSR count). The number of nitrogens with one attached hydrogen (secondary N) is 4. The van der Waals surface area contributed by atoms with Gasteiger partial charge in [0.25, 0.3) is 0 Å². The van der Waals surface area contributed by atoms with Crippen LogP contribution in [-0.4, -0.2) is 219 Å². The number of likely N-dealkylation sites (tertiary alicyclic amines) is 2. The number of thioether (sulfide) groups is 1. The smallest absolute Gasteiger partial charge is 0.309 e. The summed E-state index contributed by atoms with van der Waals surface area (Å²) in [6, 6.07) is 0. The van der Waals surface area contributed by atoms with Crippen molar-refractivity contribution < 1.29 is 106 Å². The number of ketones is 2. The Morgan fingerprint density at radius 1 is 0.506 bits per heavy atom. The van der Waals surface area contributed by atoms with Gasteiger partial charge in [-0.25, -0.2) is 0 Å². The molecule has 4 unspecified atom stereocenters. The van der Waals surface area contributed by atoms with Crippen molar-refractivity contribution in [1.29, 1.82) is 0 Å². The maximum Gasteiger partial charge on any atom is 0.309 e. The van der Waals surface area contributed by atoms with E-state index in [4.69, 9.17) is 38.6 Å². The molecule has 0 saturated carbocycles. The normalized spacial score (nSPS) is 15.7. The molecular weight excluding hydrogens is 1160 g/mol. The zero-order valence-corrected chi connectivity index (χ0v) is 52.7. The zero-order chi connectivity index (χ0) is 65.5. The van der Waals surface area contributed by atoms with E-state index in [1.165, 1.54) is 26.0 Å². The highest BCUT2D eigenvalue weighted by atomic mass is 32.2. The van der Waals surface area contributed by atoms with Crippen molar-refractivity contribution in [3.05, 3.63) is 0 Å². The summed E-state index contributed by atoms with van der Waals surface area (Å²) < 4.78 is 30.8. The van der Waals surface area contributed by atoms with Gasteiger partial charge in [-0.3, -0.25) is 76.9 Å². The SMILES string of the molecule is COC(=O)C(CCCCNC(=O)CCC(=O)O)CC(=O)COCCOCCNC(=O)CCN1C(=O)CC(C(C)(C)C)C1=O.COC(=O)C(CCCCNC(=O)CCC(=O)O)CC(=O)COCCOCCNC(=O)CCN1C(=O)CC(SC(C)(C)C)C1=O. The van der Waals surface area contributed by atoms with Crippen LogP contribution in [0.5, 0.6) is 0 Å². The number of ether oxygens (including phenoxy) is 6. The molecule has 28 nitrogen and oxygen atoms in total. The monoisotopic (exact) mass is 1260 g/mol. The second-order valence-corrected chi connectivity index (χ2v) is 24.8. The molecule has 2 heterocycles. The maximum atomic E-state index is 12.5. The summed E-state index contributed by atoms with van der Waals surface area (Å²) in [5.74, 6) is -7.59. The molecule has 29 heteroatoms. The van der Waals surface area contributed by atoms with E-state index in [2.05, 4.69) is 21.3 Å². The second-order valence-electron chi connectivity index (χ2n) is 22.7. The van der Waals surface area contributed by atoms with Gasteiger partial charge >= 0.3 is 23.9 Å². The first-order valence-electron chi connectivity index (χ1n) is 29.4. The van der Waals surface area contributed by atoms with Gasteiger partial charge in [0.1, 0.15) is 13.2 Å². The Bertz CT molecular complexity index is 2290. The van der Waals surface area contributed by atoms with Crippen LogP contribution in [-0.2, 0) is 95.5 Å². The minimum atomic E-state index is -1.04.